The first-order valence-electron chi connectivity index (χ1n) is 9.04. The maximum atomic E-state index is 6.13. The summed E-state index contributed by atoms with van der Waals surface area (Å²) in [6.45, 7) is 6.93. The van der Waals surface area contributed by atoms with Crippen LogP contribution in [0.2, 0.25) is 0 Å². The minimum atomic E-state index is 0.148. The van der Waals surface area contributed by atoms with Gasteiger partial charge in [-0.2, -0.15) is 0 Å². The van der Waals surface area contributed by atoms with Gasteiger partial charge in [0.2, 0.25) is 0 Å². The molecule has 2 heterocycles. The summed E-state index contributed by atoms with van der Waals surface area (Å²) >= 11 is 0. The van der Waals surface area contributed by atoms with Crippen molar-refractivity contribution < 1.29 is 4.42 Å². The summed E-state index contributed by atoms with van der Waals surface area (Å²) in [7, 11) is 0. The molecule has 1 aromatic carbocycles. The van der Waals surface area contributed by atoms with Gasteiger partial charge in [-0.15, -0.1) is 0 Å². The number of piperidine rings is 1. The number of hydrogen-bond donors (Lipinski definition) is 2. The monoisotopic (exact) mass is 340 g/mol. The number of rotatable bonds is 5. The second kappa shape index (κ2) is 8.21. The van der Waals surface area contributed by atoms with E-state index >= 15 is 0 Å². The second-order valence-corrected chi connectivity index (χ2v) is 6.86. The highest BCUT2D eigenvalue weighted by molar-refractivity contribution is 5.92. The number of likely N-dealkylation sites (tertiary alicyclic amines) is 1. The molecule has 1 saturated heterocycles. The molecule has 134 valence electrons. The fourth-order valence-electron chi connectivity index (χ4n) is 3.52. The van der Waals surface area contributed by atoms with Crippen molar-refractivity contribution in [2.75, 3.05) is 25.0 Å². The van der Waals surface area contributed by atoms with Gasteiger partial charge in [0.15, 0.2) is 5.96 Å². The number of anilines is 1. The van der Waals surface area contributed by atoms with Crippen LogP contribution in [0.15, 0.2) is 46.0 Å². The highest BCUT2D eigenvalue weighted by Crippen LogP contribution is 2.25. The third kappa shape index (κ3) is 4.86. The first-order chi connectivity index (χ1) is 12.1. The Morgan fingerprint density at radius 3 is 2.56 bits per heavy atom. The molecule has 5 nitrogen and oxygen atoms in total. The van der Waals surface area contributed by atoms with Crippen LogP contribution >= 0.6 is 0 Å². The Morgan fingerprint density at radius 1 is 1.20 bits per heavy atom. The van der Waals surface area contributed by atoms with Crippen LogP contribution in [0, 0.1) is 13.8 Å². The van der Waals surface area contributed by atoms with Gasteiger partial charge in [-0.1, -0.05) is 12.5 Å². The molecule has 5 heteroatoms. The summed E-state index contributed by atoms with van der Waals surface area (Å²) in [6.07, 6.45) is 5.50. The summed E-state index contributed by atoms with van der Waals surface area (Å²) < 4.78 is 5.66. The number of furan rings is 1. The van der Waals surface area contributed by atoms with Crippen molar-refractivity contribution in [3.05, 3.63) is 53.5 Å². The number of nitrogens with zero attached hydrogens (tertiary/aromatic N) is 2. The molecule has 1 aliphatic rings. The van der Waals surface area contributed by atoms with Crippen molar-refractivity contribution in [3.8, 4) is 0 Å². The van der Waals surface area contributed by atoms with E-state index in [0.29, 0.717) is 12.5 Å². The Morgan fingerprint density at radius 2 is 1.92 bits per heavy atom. The Bertz CT molecular complexity index is 682. The number of guanidine groups is 1. The molecule has 0 radical (unpaired) electrons. The summed E-state index contributed by atoms with van der Waals surface area (Å²) in [5.41, 5.74) is 9.52. The first-order valence-corrected chi connectivity index (χ1v) is 9.04. The summed E-state index contributed by atoms with van der Waals surface area (Å²) in [5, 5.41) is 3.21. The average molecular weight is 340 g/mol. The summed E-state index contributed by atoms with van der Waals surface area (Å²) in [5.74, 6) is 1.41. The zero-order chi connectivity index (χ0) is 17.6. The molecule has 25 heavy (non-hydrogen) atoms. The van der Waals surface area contributed by atoms with Crippen LogP contribution in [0.5, 0.6) is 0 Å². The van der Waals surface area contributed by atoms with E-state index in [9.17, 15) is 0 Å². The largest absolute Gasteiger partial charge is 0.468 e. The van der Waals surface area contributed by atoms with E-state index in [4.69, 9.17) is 10.2 Å². The third-order valence-corrected chi connectivity index (χ3v) is 4.63. The van der Waals surface area contributed by atoms with Crippen molar-refractivity contribution in [2.45, 2.75) is 39.2 Å². The molecule has 0 amide bonds. The van der Waals surface area contributed by atoms with E-state index in [1.54, 1.807) is 6.26 Å². The predicted molar refractivity (Wildman–Crippen MR) is 103 cm³/mol. The maximum absolute atomic E-state index is 6.13. The summed E-state index contributed by atoms with van der Waals surface area (Å²) in [4.78, 5) is 7.05. The van der Waals surface area contributed by atoms with Crippen LogP contribution in [-0.4, -0.2) is 30.5 Å². The van der Waals surface area contributed by atoms with Crippen LogP contribution in [-0.2, 0) is 0 Å². The van der Waals surface area contributed by atoms with Gasteiger partial charge in [0.25, 0.3) is 0 Å². The second-order valence-electron chi connectivity index (χ2n) is 6.86. The van der Waals surface area contributed by atoms with Gasteiger partial charge in [-0.3, -0.25) is 9.89 Å². The molecule has 0 saturated carbocycles. The minimum absolute atomic E-state index is 0.148. The standard InChI is InChI=1S/C20H28N4O/c1-15-11-16(2)13-17(12-15)23-20(21)22-14-18(19-7-6-10-25-19)24-8-4-3-5-9-24/h6-7,10-13,18H,3-5,8-9,14H2,1-2H3,(H3,21,22,23). The van der Waals surface area contributed by atoms with Gasteiger partial charge in [-0.25, -0.2) is 0 Å². The molecule has 3 rings (SSSR count). The lowest BCUT2D eigenvalue weighted by atomic mass is 10.1. The number of hydrogen-bond acceptors (Lipinski definition) is 3. The van der Waals surface area contributed by atoms with E-state index in [1.165, 1.54) is 30.4 Å². The molecule has 1 atom stereocenters. The Kier molecular flexibility index (Phi) is 5.76. The third-order valence-electron chi connectivity index (χ3n) is 4.63. The molecule has 0 bridgehead atoms. The smallest absolute Gasteiger partial charge is 0.193 e. The van der Waals surface area contributed by atoms with E-state index in [0.717, 1.165) is 24.5 Å². The lowest BCUT2D eigenvalue weighted by Crippen LogP contribution is -2.36. The molecule has 0 aliphatic carbocycles. The minimum Gasteiger partial charge on any atom is -0.468 e. The van der Waals surface area contributed by atoms with E-state index < -0.39 is 0 Å². The maximum Gasteiger partial charge on any atom is 0.193 e. The molecular formula is C20H28N4O. The first kappa shape index (κ1) is 17.5. The van der Waals surface area contributed by atoms with Crippen molar-refractivity contribution in [3.63, 3.8) is 0 Å². The molecule has 1 aromatic heterocycles. The van der Waals surface area contributed by atoms with Gasteiger partial charge >= 0.3 is 0 Å². The van der Waals surface area contributed by atoms with E-state index in [1.807, 2.05) is 12.1 Å². The number of aryl methyl sites for hydroxylation is 2. The normalized spacial score (nSPS) is 17.4. The number of nitrogens with two attached hydrogens (primary N) is 1. The fraction of sp³-hybridized carbons (Fsp3) is 0.450. The van der Waals surface area contributed by atoms with Crippen LogP contribution in [0.25, 0.3) is 0 Å². The lowest BCUT2D eigenvalue weighted by Gasteiger charge is -2.32. The average Bonchev–Trinajstić information content (AvgIpc) is 3.09. The number of nitrogens with one attached hydrogen (secondary N) is 1. The summed E-state index contributed by atoms with van der Waals surface area (Å²) in [6, 6.07) is 10.4. The zero-order valence-corrected chi connectivity index (χ0v) is 15.2. The van der Waals surface area contributed by atoms with Crippen LogP contribution in [0.4, 0.5) is 5.69 Å². The lowest BCUT2D eigenvalue weighted by molar-refractivity contribution is 0.150. The molecule has 2 aromatic rings. The molecule has 1 aliphatic heterocycles. The van der Waals surface area contributed by atoms with Crippen LogP contribution in [0.1, 0.15) is 42.2 Å². The zero-order valence-electron chi connectivity index (χ0n) is 15.2. The van der Waals surface area contributed by atoms with Crippen molar-refractivity contribution >= 4 is 11.6 Å². The molecular weight excluding hydrogens is 312 g/mol. The van der Waals surface area contributed by atoms with Crippen molar-refractivity contribution in [2.24, 2.45) is 10.7 Å². The topological polar surface area (TPSA) is 66.8 Å². The van der Waals surface area contributed by atoms with Crippen molar-refractivity contribution in [1.29, 1.82) is 0 Å². The fourth-order valence-corrected chi connectivity index (χ4v) is 3.52. The Balaban J connectivity index is 1.69. The van der Waals surface area contributed by atoms with Gasteiger partial charge in [0, 0.05) is 5.69 Å². The Hall–Kier alpha value is -2.27. The van der Waals surface area contributed by atoms with Crippen molar-refractivity contribution in [1.82, 2.24) is 4.90 Å². The van der Waals surface area contributed by atoms with E-state index in [2.05, 4.69) is 47.3 Å². The van der Waals surface area contributed by atoms with Crippen LogP contribution < -0.4 is 11.1 Å². The quantitative estimate of drug-likeness (QED) is 0.641. The van der Waals surface area contributed by atoms with Gasteiger partial charge < -0.3 is 15.5 Å². The predicted octanol–water partition coefficient (Wildman–Crippen LogP) is 3.85. The SMILES string of the molecule is Cc1cc(C)cc(NC(N)=NCC(c2ccco2)N2CCCCC2)c1. The highest BCUT2D eigenvalue weighted by Gasteiger charge is 2.24. The number of aliphatic imine (C=N–C) groups is 1. The van der Waals surface area contributed by atoms with Gasteiger partial charge in [0.1, 0.15) is 5.76 Å². The van der Waals surface area contributed by atoms with Crippen LogP contribution in [0.3, 0.4) is 0 Å². The number of benzene rings is 1. The highest BCUT2D eigenvalue weighted by atomic mass is 16.3. The van der Waals surface area contributed by atoms with E-state index in [-0.39, 0.29) is 6.04 Å². The molecule has 3 N–H and O–H groups in total. The molecule has 0 spiro atoms. The molecule has 1 fully saturated rings. The molecule has 1 unspecified atom stereocenters. The Labute approximate surface area is 149 Å². The van der Waals surface area contributed by atoms with Gasteiger partial charge in [-0.05, 0) is 75.2 Å². The van der Waals surface area contributed by atoms with Gasteiger partial charge in [0.05, 0.1) is 18.8 Å².